The van der Waals surface area contributed by atoms with Crippen molar-refractivity contribution in [2.24, 2.45) is 0 Å². The van der Waals surface area contributed by atoms with Crippen molar-refractivity contribution in [2.75, 3.05) is 5.32 Å². The molecule has 2 aromatic rings. The molecule has 2 rings (SSSR count). The third-order valence-corrected chi connectivity index (χ3v) is 3.27. The Balaban J connectivity index is 2.89. The van der Waals surface area contributed by atoms with Crippen molar-refractivity contribution < 1.29 is 22.8 Å². The van der Waals surface area contributed by atoms with Gasteiger partial charge >= 0.3 is 0 Å². The number of aldehydes is 1. The van der Waals surface area contributed by atoms with Gasteiger partial charge in [-0.3, -0.25) is 9.59 Å². The number of anilines is 1. The van der Waals surface area contributed by atoms with Crippen LogP contribution in [0.25, 0.3) is 11.1 Å². The van der Waals surface area contributed by atoms with Crippen LogP contribution in [0.5, 0.6) is 0 Å². The lowest BCUT2D eigenvalue weighted by Gasteiger charge is -2.15. The predicted octanol–water partition coefficient (Wildman–Crippen LogP) is 3.93. The van der Waals surface area contributed by atoms with Crippen molar-refractivity contribution in [1.29, 1.82) is 0 Å². The first kappa shape index (κ1) is 17.6. The number of amides is 1. The van der Waals surface area contributed by atoms with Crippen molar-refractivity contribution in [3.63, 3.8) is 0 Å². The summed E-state index contributed by atoms with van der Waals surface area (Å²) >= 11 is 5.76. The molecular weight excluding hydrogens is 343 g/mol. The Hall–Kier alpha value is -2.78. The summed E-state index contributed by atoms with van der Waals surface area (Å²) in [7, 11) is 0. The normalized spacial score (nSPS) is 9.88. The van der Waals surface area contributed by atoms with Crippen LogP contribution < -0.4 is 5.32 Å². The van der Waals surface area contributed by atoms with Crippen molar-refractivity contribution in [1.82, 2.24) is 0 Å². The van der Waals surface area contributed by atoms with Gasteiger partial charge in [0.25, 0.3) is 0 Å². The van der Waals surface area contributed by atoms with Crippen LogP contribution in [0.15, 0.2) is 24.3 Å². The minimum atomic E-state index is -1.76. The zero-order valence-corrected chi connectivity index (χ0v) is 13.0. The average Bonchev–Trinajstić information content (AvgIpc) is 2.54. The van der Waals surface area contributed by atoms with Gasteiger partial charge in [-0.05, 0) is 23.6 Å². The summed E-state index contributed by atoms with van der Waals surface area (Å²) in [5.41, 5.74) is -1.23. The molecule has 122 valence electrons. The number of nitrogens with one attached hydrogen (secondary N) is 1. The Morgan fingerprint density at radius 1 is 1.12 bits per heavy atom. The Kier molecular flexibility index (Phi) is 5.27. The van der Waals surface area contributed by atoms with Gasteiger partial charge in [-0.25, -0.2) is 13.2 Å². The van der Waals surface area contributed by atoms with E-state index in [2.05, 4.69) is 11.2 Å². The predicted molar refractivity (Wildman–Crippen MR) is 84.0 cm³/mol. The molecule has 0 unspecified atom stereocenters. The van der Waals surface area contributed by atoms with E-state index in [4.69, 9.17) is 11.6 Å². The highest BCUT2D eigenvalue weighted by Crippen LogP contribution is 2.37. The summed E-state index contributed by atoms with van der Waals surface area (Å²) in [5.74, 6) is -1.49. The molecule has 3 nitrogen and oxygen atoms in total. The molecule has 7 heteroatoms. The van der Waals surface area contributed by atoms with E-state index in [1.165, 1.54) is 24.3 Å². The fraction of sp³-hybridized carbons (Fsp3) is 0.0588. The van der Waals surface area contributed by atoms with Gasteiger partial charge in [0.1, 0.15) is 0 Å². The number of hydrogen-bond donors (Lipinski definition) is 1. The second-order valence-corrected chi connectivity index (χ2v) is 5.08. The van der Waals surface area contributed by atoms with Gasteiger partial charge in [-0.15, -0.1) is 0 Å². The summed E-state index contributed by atoms with van der Waals surface area (Å²) in [6, 6.07) is 5.60. The van der Waals surface area contributed by atoms with Crippen LogP contribution in [0.1, 0.15) is 12.5 Å². The lowest BCUT2D eigenvalue weighted by molar-refractivity contribution is -0.114. The van der Waals surface area contributed by atoms with Crippen LogP contribution in [0, 0.1) is 29.3 Å². The molecule has 1 amide bonds. The molecule has 0 fully saturated rings. The quantitative estimate of drug-likeness (QED) is 0.506. The van der Waals surface area contributed by atoms with Crippen molar-refractivity contribution in [3.8, 4) is 23.0 Å². The van der Waals surface area contributed by atoms with Crippen molar-refractivity contribution in [3.05, 3.63) is 52.3 Å². The molecule has 0 atom stereocenters. The number of benzene rings is 2. The van der Waals surface area contributed by atoms with E-state index in [0.717, 1.165) is 6.92 Å². The molecule has 0 aliphatic heterocycles. The second-order valence-electron chi connectivity index (χ2n) is 4.64. The largest absolute Gasteiger partial charge is 0.325 e. The summed E-state index contributed by atoms with van der Waals surface area (Å²) < 4.78 is 42.3. The average molecular weight is 352 g/mol. The molecule has 0 saturated heterocycles. The molecule has 0 radical (unpaired) electrons. The molecule has 0 aliphatic carbocycles. The number of hydrogen-bond acceptors (Lipinski definition) is 2. The highest BCUT2D eigenvalue weighted by atomic mass is 35.5. The molecule has 0 spiro atoms. The zero-order valence-electron chi connectivity index (χ0n) is 12.2. The maximum Gasteiger partial charge on any atom is 0.221 e. The molecule has 0 aliphatic rings. The first-order valence-electron chi connectivity index (χ1n) is 6.56. The van der Waals surface area contributed by atoms with Crippen LogP contribution >= 0.6 is 11.6 Å². The Morgan fingerprint density at radius 3 is 2.29 bits per heavy atom. The summed E-state index contributed by atoms with van der Waals surface area (Å²) in [6.07, 6.45) is 0.167. The van der Waals surface area contributed by atoms with Gasteiger partial charge in [-0.2, -0.15) is 0 Å². The molecule has 0 bridgehead atoms. The molecule has 1 N–H and O–H groups in total. The number of carbonyl (C=O) groups is 2. The molecule has 24 heavy (non-hydrogen) atoms. The van der Waals surface area contributed by atoms with Gasteiger partial charge in [0.15, 0.2) is 23.7 Å². The SMILES string of the molecule is CC(=O)Nc1c(C#CC=O)c(F)c(F)c(F)c1-c1ccc(Cl)cc1. The van der Waals surface area contributed by atoms with E-state index in [1.54, 1.807) is 0 Å². The van der Waals surface area contributed by atoms with E-state index in [0.29, 0.717) is 5.02 Å². The summed E-state index contributed by atoms with van der Waals surface area (Å²) in [4.78, 5) is 21.8. The Labute approximate surface area is 140 Å². The monoisotopic (exact) mass is 351 g/mol. The van der Waals surface area contributed by atoms with Gasteiger partial charge in [0.2, 0.25) is 5.91 Å². The highest BCUT2D eigenvalue weighted by Gasteiger charge is 2.25. The van der Waals surface area contributed by atoms with Gasteiger partial charge in [-0.1, -0.05) is 29.7 Å². The minimum Gasteiger partial charge on any atom is -0.325 e. The third kappa shape index (κ3) is 3.42. The van der Waals surface area contributed by atoms with Crippen molar-refractivity contribution >= 4 is 29.5 Å². The van der Waals surface area contributed by atoms with Gasteiger partial charge < -0.3 is 5.32 Å². The molecule has 0 aromatic heterocycles. The van der Waals surface area contributed by atoms with E-state index in [-0.39, 0.29) is 17.5 Å². The van der Waals surface area contributed by atoms with E-state index in [9.17, 15) is 22.8 Å². The summed E-state index contributed by atoms with van der Waals surface area (Å²) in [6.45, 7) is 1.11. The van der Waals surface area contributed by atoms with Gasteiger partial charge in [0, 0.05) is 17.5 Å². The van der Waals surface area contributed by atoms with Crippen LogP contribution in [0.2, 0.25) is 5.02 Å². The third-order valence-electron chi connectivity index (χ3n) is 3.01. The maximum atomic E-state index is 14.3. The highest BCUT2D eigenvalue weighted by molar-refractivity contribution is 6.30. The Bertz CT molecular complexity index is 884. The summed E-state index contributed by atoms with van der Waals surface area (Å²) in [5, 5.41) is 2.59. The lowest BCUT2D eigenvalue weighted by Crippen LogP contribution is -2.12. The topological polar surface area (TPSA) is 46.2 Å². The van der Waals surface area contributed by atoms with Crippen LogP contribution in [-0.2, 0) is 9.59 Å². The van der Waals surface area contributed by atoms with Crippen molar-refractivity contribution in [2.45, 2.75) is 6.92 Å². The number of carbonyl (C=O) groups excluding carboxylic acids is 2. The van der Waals surface area contributed by atoms with E-state index >= 15 is 0 Å². The standard InChI is InChI=1S/C17H9ClF3NO2/c1-9(24)22-17-12(3-2-8-23)14(19)16(21)15(20)13(17)10-4-6-11(18)7-5-10/h4-8H,1H3,(H,22,24). The van der Waals surface area contributed by atoms with Crippen LogP contribution in [0.4, 0.5) is 18.9 Å². The van der Waals surface area contributed by atoms with E-state index in [1.807, 2.05) is 5.92 Å². The molecule has 0 heterocycles. The van der Waals surface area contributed by atoms with Crippen LogP contribution in [0.3, 0.4) is 0 Å². The minimum absolute atomic E-state index is 0.147. The number of rotatable bonds is 2. The van der Waals surface area contributed by atoms with E-state index < -0.39 is 34.5 Å². The van der Waals surface area contributed by atoms with Crippen LogP contribution in [-0.4, -0.2) is 12.2 Å². The maximum absolute atomic E-state index is 14.3. The second kappa shape index (κ2) is 7.20. The number of halogens is 4. The Morgan fingerprint density at radius 2 is 1.75 bits per heavy atom. The first-order chi connectivity index (χ1) is 11.4. The molecule has 2 aromatic carbocycles. The lowest BCUT2D eigenvalue weighted by atomic mass is 9.98. The van der Waals surface area contributed by atoms with Gasteiger partial charge in [0.05, 0.1) is 11.3 Å². The zero-order chi connectivity index (χ0) is 17.9. The molecular formula is C17H9ClF3NO2. The fourth-order valence-corrected chi connectivity index (χ4v) is 2.19. The fourth-order valence-electron chi connectivity index (χ4n) is 2.07. The molecule has 0 saturated carbocycles. The first-order valence-corrected chi connectivity index (χ1v) is 6.93. The smallest absolute Gasteiger partial charge is 0.221 e.